The van der Waals surface area contributed by atoms with E-state index in [-0.39, 0.29) is 11.7 Å². The van der Waals surface area contributed by atoms with Crippen molar-refractivity contribution in [2.75, 3.05) is 13.2 Å². The summed E-state index contributed by atoms with van der Waals surface area (Å²) in [4.78, 5) is 20.2. The monoisotopic (exact) mass is 360 g/mol. The molecule has 1 fully saturated rings. The topological polar surface area (TPSA) is 101 Å². The second kappa shape index (κ2) is 6.07. The van der Waals surface area contributed by atoms with Gasteiger partial charge in [-0.3, -0.25) is 4.57 Å². The molecule has 4 aromatic heterocycles. The molecule has 0 radical (unpaired) electrons. The first kappa shape index (κ1) is 15.8. The van der Waals surface area contributed by atoms with E-state index >= 15 is 0 Å². The molecule has 134 valence electrons. The highest BCUT2D eigenvalue weighted by Gasteiger charge is 2.21. The van der Waals surface area contributed by atoms with Gasteiger partial charge in [0.15, 0.2) is 5.65 Å². The summed E-state index contributed by atoms with van der Waals surface area (Å²) >= 11 is 0. The van der Waals surface area contributed by atoms with E-state index in [2.05, 4.69) is 16.2 Å². The van der Waals surface area contributed by atoms with Crippen molar-refractivity contribution in [2.24, 2.45) is 0 Å². The maximum atomic E-state index is 12.5. The minimum absolute atomic E-state index is 0.0804. The Morgan fingerprint density at radius 3 is 2.93 bits per heavy atom. The minimum Gasteiger partial charge on any atom is -0.381 e. The van der Waals surface area contributed by atoms with Crippen molar-refractivity contribution in [1.82, 2.24) is 24.1 Å². The van der Waals surface area contributed by atoms with Crippen LogP contribution in [0, 0.1) is 11.3 Å². The summed E-state index contributed by atoms with van der Waals surface area (Å²) in [5.41, 5.74) is 4.11. The number of pyridine rings is 2. The lowest BCUT2D eigenvalue weighted by atomic mass is 10.1. The van der Waals surface area contributed by atoms with Crippen LogP contribution in [-0.2, 0) is 4.74 Å². The number of imidazole rings is 1. The van der Waals surface area contributed by atoms with Crippen molar-refractivity contribution in [3.8, 4) is 17.3 Å². The lowest BCUT2D eigenvalue weighted by Gasteiger charge is -2.22. The van der Waals surface area contributed by atoms with Crippen molar-refractivity contribution in [2.45, 2.75) is 18.9 Å². The average molecular weight is 360 g/mol. The van der Waals surface area contributed by atoms with Crippen LogP contribution in [0.1, 0.15) is 24.4 Å². The van der Waals surface area contributed by atoms with Crippen LogP contribution in [0.4, 0.5) is 0 Å². The fraction of sp³-hybridized carbons (Fsp3) is 0.263. The predicted octanol–water partition coefficient (Wildman–Crippen LogP) is 2.26. The standard InChI is InChI=1S/C19H16N6O2/c20-10-12-3-6-24-17(9-12)14(11-21-24)15-1-2-16-18(22-15)25(19(26)23-16)13-4-7-27-8-5-13/h1-3,6,9,11,13H,4-5,7-8H2,(H,23,26). The quantitative estimate of drug-likeness (QED) is 0.591. The molecule has 1 aliphatic rings. The number of rotatable bonds is 2. The first-order valence-electron chi connectivity index (χ1n) is 8.81. The second-order valence-corrected chi connectivity index (χ2v) is 6.63. The SMILES string of the molecule is N#Cc1ccn2ncc(-c3ccc4[nH]c(=O)n(C5CCOCC5)c4n3)c2c1. The molecule has 8 nitrogen and oxygen atoms in total. The molecule has 4 aromatic rings. The fourth-order valence-corrected chi connectivity index (χ4v) is 3.68. The molecule has 0 amide bonds. The number of nitrogens with one attached hydrogen (secondary N) is 1. The number of nitriles is 1. The molecule has 0 aromatic carbocycles. The molecule has 5 rings (SSSR count). The lowest BCUT2D eigenvalue weighted by Crippen LogP contribution is -2.27. The van der Waals surface area contributed by atoms with Crippen LogP contribution in [0.5, 0.6) is 0 Å². The first-order valence-corrected chi connectivity index (χ1v) is 8.81. The molecular weight excluding hydrogens is 344 g/mol. The van der Waals surface area contributed by atoms with Crippen molar-refractivity contribution in [3.63, 3.8) is 0 Å². The van der Waals surface area contributed by atoms with Gasteiger partial charge < -0.3 is 9.72 Å². The highest BCUT2D eigenvalue weighted by molar-refractivity contribution is 5.82. The summed E-state index contributed by atoms with van der Waals surface area (Å²) in [6.07, 6.45) is 5.07. The molecule has 0 atom stereocenters. The van der Waals surface area contributed by atoms with Gasteiger partial charge in [0.25, 0.3) is 0 Å². The molecule has 0 aliphatic carbocycles. The van der Waals surface area contributed by atoms with Gasteiger partial charge in [-0.25, -0.2) is 14.3 Å². The summed E-state index contributed by atoms with van der Waals surface area (Å²) in [7, 11) is 0. The zero-order valence-electron chi connectivity index (χ0n) is 14.4. The number of aromatic nitrogens is 5. The predicted molar refractivity (Wildman–Crippen MR) is 98.3 cm³/mol. The van der Waals surface area contributed by atoms with Crippen molar-refractivity contribution in [3.05, 3.63) is 52.7 Å². The molecule has 1 saturated heterocycles. The zero-order valence-corrected chi connectivity index (χ0v) is 14.4. The van der Waals surface area contributed by atoms with Gasteiger partial charge in [0, 0.05) is 31.0 Å². The Morgan fingerprint density at radius 2 is 2.11 bits per heavy atom. The number of hydrogen-bond donors (Lipinski definition) is 1. The maximum absolute atomic E-state index is 12.5. The summed E-state index contributed by atoms with van der Waals surface area (Å²) in [6, 6.07) is 9.47. The summed E-state index contributed by atoms with van der Waals surface area (Å²) < 4.78 is 8.88. The van der Waals surface area contributed by atoms with Crippen LogP contribution in [0.15, 0.2) is 41.5 Å². The minimum atomic E-state index is -0.145. The van der Waals surface area contributed by atoms with Gasteiger partial charge in [0.2, 0.25) is 0 Å². The van der Waals surface area contributed by atoms with Crippen LogP contribution in [0.25, 0.3) is 27.9 Å². The van der Waals surface area contributed by atoms with Crippen molar-refractivity contribution in [1.29, 1.82) is 5.26 Å². The van der Waals surface area contributed by atoms with Crippen LogP contribution < -0.4 is 5.69 Å². The molecule has 0 spiro atoms. The molecule has 1 aliphatic heterocycles. The zero-order chi connectivity index (χ0) is 18.4. The van der Waals surface area contributed by atoms with Gasteiger partial charge in [-0.05, 0) is 37.1 Å². The van der Waals surface area contributed by atoms with Crippen molar-refractivity contribution < 1.29 is 4.74 Å². The number of aromatic amines is 1. The smallest absolute Gasteiger partial charge is 0.327 e. The van der Waals surface area contributed by atoms with Crippen LogP contribution in [0.2, 0.25) is 0 Å². The van der Waals surface area contributed by atoms with Gasteiger partial charge >= 0.3 is 5.69 Å². The average Bonchev–Trinajstić information content (AvgIpc) is 3.27. The fourth-order valence-electron chi connectivity index (χ4n) is 3.68. The van der Waals surface area contributed by atoms with E-state index in [1.807, 2.05) is 12.1 Å². The Hall–Kier alpha value is -3.44. The van der Waals surface area contributed by atoms with Gasteiger partial charge in [0.1, 0.15) is 0 Å². The van der Waals surface area contributed by atoms with E-state index < -0.39 is 0 Å². The summed E-state index contributed by atoms with van der Waals surface area (Å²) in [5.74, 6) is 0. The second-order valence-electron chi connectivity index (χ2n) is 6.63. The van der Waals surface area contributed by atoms with Crippen LogP contribution >= 0.6 is 0 Å². The van der Waals surface area contributed by atoms with Gasteiger partial charge in [0.05, 0.1) is 34.6 Å². The van der Waals surface area contributed by atoms with Crippen LogP contribution in [-0.4, -0.2) is 37.4 Å². The molecule has 5 heterocycles. The number of hydrogen-bond acceptors (Lipinski definition) is 5. The third-order valence-electron chi connectivity index (χ3n) is 5.05. The van der Waals surface area contributed by atoms with E-state index in [0.717, 1.165) is 23.9 Å². The third kappa shape index (κ3) is 2.52. The summed E-state index contributed by atoms with van der Waals surface area (Å²) in [5, 5.41) is 13.5. The van der Waals surface area contributed by atoms with Gasteiger partial charge in [-0.2, -0.15) is 10.4 Å². The van der Waals surface area contributed by atoms with E-state index in [4.69, 9.17) is 9.72 Å². The molecular formula is C19H16N6O2. The Labute approximate surface area is 153 Å². The van der Waals surface area contributed by atoms with Crippen molar-refractivity contribution >= 4 is 16.7 Å². The lowest BCUT2D eigenvalue weighted by molar-refractivity contribution is 0.0697. The number of H-pyrrole nitrogens is 1. The number of fused-ring (bicyclic) bond motifs is 2. The van der Waals surface area contributed by atoms with E-state index in [0.29, 0.717) is 35.6 Å². The molecule has 0 unspecified atom stereocenters. The molecule has 1 N–H and O–H groups in total. The van der Waals surface area contributed by atoms with E-state index in [1.165, 1.54) is 0 Å². The molecule has 0 bridgehead atoms. The Balaban J connectivity index is 1.69. The molecule has 27 heavy (non-hydrogen) atoms. The molecule has 8 heteroatoms. The Kier molecular flexibility index (Phi) is 3.55. The van der Waals surface area contributed by atoms with Crippen LogP contribution in [0.3, 0.4) is 0 Å². The van der Waals surface area contributed by atoms with Gasteiger partial charge in [-0.15, -0.1) is 0 Å². The Bertz CT molecular complexity index is 1250. The largest absolute Gasteiger partial charge is 0.381 e. The summed E-state index contributed by atoms with van der Waals surface area (Å²) in [6.45, 7) is 1.29. The normalized spacial score (nSPS) is 15.4. The van der Waals surface area contributed by atoms with E-state index in [1.54, 1.807) is 33.6 Å². The number of ether oxygens (including phenoxy) is 1. The van der Waals surface area contributed by atoms with Gasteiger partial charge in [-0.1, -0.05) is 0 Å². The maximum Gasteiger partial charge on any atom is 0.327 e. The third-order valence-corrected chi connectivity index (χ3v) is 5.05. The molecule has 0 saturated carbocycles. The first-order chi connectivity index (χ1) is 13.2. The highest BCUT2D eigenvalue weighted by Crippen LogP contribution is 2.27. The highest BCUT2D eigenvalue weighted by atomic mass is 16.5. The van der Waals surface area contributed by atoms with E-state index in [9.17, 15) is 10.1 Å². The number of nitrogens with zero attached hydrogens (tertiary/aromatic N) is 5. The Morgan fingerprint density at radius 1 is 1.26 bits per heavy atom.